The number of H-pyrrole nitrogens is 1. The van der Waals surface area contributed by atoms with Gasteiger partial charge in [0.1, 0.15) is 6.54 Å². The van der Waals surface area contributed by atoms with E-state index < -0.39 is 0 Å². The van der Waals surface area contributed by atoms with E-state index in [9.17, 15) is 5.11 Å². The fraction of sp³-hybridized carbons (Fsp3) is 0.156. The summed E-state index contributed by atoms with van der Waals surface area (Å²) in [7, 11) is 2.08. The second-order valence-corrected chi connectivity index (χ2v) is 9.15. The van der Waals surface area contributed by atoms with E-state index in [1.165, 1.54) is 16.3 Å². The average Bonchev–Trinajstić information content (AvgIpc) is 2.92. The van der Waals surface area contributed by atoms with E-state index >= 15 is 0 Å². The molecule has 0 unspecified atom stereocenters. The summed E-state index contributed by atoms with van der Waals surface area (Å²) in [5.74, 6) is 0.235. The molecular weight excluding hydrogens is 442 g/mol. The zero-order valence-electron chi connectivity index (χ0n) is 20.8. The number of aromatic hydroxyl groups is 1. The van der Waals surface area contributed by atoms with Crippen LogP contribution >= 0.6 is 0 Å². The van der Waals surface area contributed by atoms with Crippen LogP contribution in [0.25, 0.3) is 27.2 Å². The van der Waals surface area contributed by atoms with Crippen LogP contribution in [0.15, 0.2) is 103 Å². The monoisotopic (exact) mass is 474 g/mol. The fourth-order valence-electron chi connectivity index (χ4n) is 5.05. The number of pyridine rings is 1. The molecule has 0 radical (unpaired) electrons. The molecule has 1 heterocycles. The molecule has 4 N–H and O–H groups in total. The molecule has 0 aliphatic heterocycles. The first kappa shape index (κ1) is 23.7. The van der Waals surface area contributed by atoms with E-state index in [1.54, 1.807) is 6.20 Å². The number of fused-ring (bicyclic) bond motifs is 1. The third-order valence-electron chi connectivity index (χ3n) is 6.76. The molecular formula is C32H32N3O+. The molecule has 0 atom stereocenters. The van der Waals surface area contributed by atoms with Gasteiger partial charge in [0.15, 0.2) is 11.4 Å². The summed E-state index contributed by atoms with van der Waals surface area (Å²) in [5.41, 5.74) is 7.57. The molecule has 5 aromatic rings. The van der Waals surface area contributed by atoms with Crippen LogP contribution in [-0.4, -0.2) is 12.2 Å². The number of aromatic amines is 1. The first-order valence-corrected chi connectivity index (χ1v) is 12.5. The minimum atomic E-state index is -0.125. The van der Waals surface area contributed by atoms with Crippen molar-refractivity contribution in [3.63, 3.8) is 0 Å². The molecule has 0 bridgehead atoms. The topological polar surface area (TPSA) is 65.1 Å². The van der Waals surface area contributed by atoms with E-state index in [1.807, 2.05) is 12.1 Å². The maximum atomic E-state index is 11.1. The number of nitrogens with one attached hydrogen (secondary N) is 1. The Hall–Kier alpha value is -3.99. The van der Waals surface area contributed by atoms with Crippen LogP contribution in [0.1, 0.15) is 34.0 Å². The third-order valence-corrected chi connectivity index (χ3v) is 6.76. The predicted molar refractivity (Wildman–Crippen MR) is 146 cm³/mol. The molecule has 1 aromatic heterocycles. The number of nitrogens with two attached hydrogens (primary N) is 1. The highest BCUT2D eigenvalue weighted by Crippen LogP contribution is 2.40. The molecule has 36 heavy (non-hydrogen) atoms. The Morgan fingerprint density at radius 2 is 1.44 bits per heavy atom. The van der Waals surface area contributed by atoms with Gasteiger partial charge in [0.2, 0.25) is 6.20 Å². The summed E-state index contributed by atoms with van der Waals surface area (Å²) in [6, 6.07) is 33.5. The summed E-state index contributed by atoms with van der Waals surface area (Å²) in [6.45, 7) is 3.32. The molecule has 4 nitrogen and oxygen atoms in total. The van der Waals surface area contributed by atoms with Crippen LogP contribution in [0.4, 0.5) is 0 Å². The van der Waals surface area contributed by atoms with Gasteiger partial charge in [-0.05, 0) is 16.3 Å². The molecule has 180 valence electrons. The number of quaternary nitrogens is 1. The van der Waals surface area contributed by atoms with E-state index in [-0.39, 0.29) is 11.8 Å². The average molecular weight is 475 g/mol. The van der Waals surface area contributed by atoms with Gasteiger partial charge in [-0.15, -0.1) is 6.54 Å². The minimum absolute atomic E-state index is 0.125. The van der Waals surface area contributed by atoms with Crippen LogP contribution in [0.5, 0.6) is 5.75 Å². The number of hydrogen-bond donors (Lipinski definition) is 2. The fourth-order valence-corrected chi connectivity index (χ4v) is 5.05. The summed E-state index contributed by atoms with van der Waals surface area (Å²) in [6.07, 6.45) is 1.68. The number of aromatic nitrogens is 1. The van der Waals surface area contributed by atoms with E-state index in [4.69, 9.17) is 5.32 Å². The number of benzene rings is 4. The molecule has 5 rings (SSSR count). The highest BCUT2D eigenvalue weighted by atomic mass is 16.3. The number of hydrogen-bond acceptors (Lipinski definition) is 1. The normalized spacial score (nSPS) is 11.3. The molecule has 0 aliphatic carbocycles. The smallest absolute Gasteiger partial charge is 0.209 e. The molecule has 0 amide bonds. The van der Waals surface area contributed by atoms with Gasteiger partial charge in [0.25, 0.3) is 0 Å². The minimum Gasteiger partial charge on any atom is -0.648 e. The largest absolute Gasteiger partial charge is 0.648 e. The molecule has 0 aliphatic rings. The quantitative estimate of drug-likeness (QED) is 0.298. The van der Waals surface area contributed by atoms with Crippen molar-refractivity contribution in [3.05, 3.63) is 137 Å². The van der Waals surface area contributed by atoms with Gasteiger partial charge in [-0.2, -0.15) is 0 Å². The van der Waals surface area contributed by atoms with Crippen molar-refractivity contribution >= 4 is 10.8 Å². The second kappa shape index (κ2) is 10.7. The maximum absolute atomic E-state index is 11.1. The van der Waals surface area contributed by atoms with Crippen molar-refractivity contribution in [2.24, 2.45) is 0 Å². The Bertz CT molecular complexity index is 1430. The summed E-state index contributed by atoms with van der Waals surface area (Å²) in [5, 5.41) is 20.9. The molecule has 0 spiro atoms. The SMILES string of the molecule is C[NH2+]Cc1ccc2ccccc2c1-c1c(C)[nH+]cc(O)c1C[N-]C(c1ccccc1)c1ccccc1. The highest BCUT2D eigenvalue weighted by molar-refractivity contribution is 5.99. The zero-order valence-corrected chi connectivity index (χ0v) is 20.8. The Morgan fingerprint density at radius 1 is 0.806 bits per heavy atom. The Balaban J connectivity index is 1.63. The molecule has 4 aromatic carbocycles. The van der Waals surface area contributed by atoms with Crippen molar-refractivity contribution in [1.29, 1.82) is 0 Å². The Kier molecular flexibility index (Phi) is 7.08. The zero-order chi connectivity index (χ0) is 24.9. The van der Waals surface area contributed by atoms with Crippen molar-refractivity contribution in [2.45, 2.75) is 26.1 Å². The number of rotatable bonds is 8. The number of nitrogens with zero attached hydrogens (tertiary/aromatic N) is 1. The van der Waals surface area contributed by atoms with Gasteiger partial charge in [-0.25, -0.2) is 4.98 Å². The van der Waals surface area contributed by atoms with E-state index in [0.717, 1.165) is 40.1 Å². The van der Waals surface area contributed by atoms with Crippen molar-refractivity contribution in [1.82, 2.24) is 0 Å². The van der Waals surface area contributed by atoms with Crippen molar-refractivity contribution in [2.75, 3.05) is 7.05 Å². The van der Waals surface area contributed by atoms with E-state index in [0.29, 0.717) is 6.54 Å². The molecule has 0 saturated carbocycles. The van der Waals surface area contributed by atoms with Gasteiger partial charge in [-0.3, -0.25) is 0 Å². The lowest BCUT2D eigenvalue weighted by Crippen LogP contribution is -2.77. The van der Waals surface area contributed by atoms with Crippen molar-refractivity contribution < 1.29 is 15.4 Å². The Morgan fingerprint density at radius 3 is 2.11 bits per heavy atom. The third kappa shape index (κ3) is 4.74. The van der Waals surface area contributed by atoms with Gasteiger partial charge >= 0.3 is 0 Å². The van der Waals surface area contributed by atoms with Crippen LogP contribution in [0.3, 0.4) is 0 Å². The predicted octanol–water partition coefficient (Wildman–Crippen LogP) is 5.69. The van der Waals surface area contributed by atoms with Crippen LogP contribution < -0.4 is 10.3 Å². The first-order valence-electron chi connectivity index (χ1n) is 12.5. The highest BCUT2D eigenvalue weighted by Gasteiger charge is 2.22. The van der Waals surface area contributed by atoms with Gasteiger partial charge in [-0.1, -0.05) is 114 Å². The van der Waals surface area contributed by atoms with Gasteiger partial charge < -0.3 is 15.7 Å². The maximum Gasteiger partial charge on any atom is 0.209 e. The molecule has 0 fully saturated rings. The standard InChI is InChI=1S/C32H30N3O/c1-22-30(31-26(19-33-2)18-17-23-11-9-10-16-27(23)31)28(29(36)21-34-22)20-35-32(24-12-5-3-6-13-24)25-14-7-4-8-15-25/h3-18,21,32-33,36H,19-20H2,1-2H3/q-1/p+2. The lowest BCUT2D eigenvalue weighted by atomic mass is 9.89. The molecule has 4 heteroatoms. The van der Waals surface area contributed by atoms with Gasteiger partial charge in [0, 0.05) is 18.1 Å². The lowest BCUT2D eigenvalue weighted by Gasteiger charge is -2.34. The first-order chi connectivity index (χ1) is 17.7. The molecule has 0 saturated heterocycles. The van der Waals surface area contributed by atoms with E-state index in [2.05, 4.69) is 109 Å². The summed E-state index contributed by atoms with van der Waals surface area (Å²) in [4.78, 5) is 3.29. The van der Waals surface area contributed by atoms with Crippen molar-refractivity contribution in [3.8, 4) is 16.9 Å². The van der Waals surface area contributed by atoms with Crippen LogP contribution in [-0.2, 0) is 13.1 Å². The summed E-state index contributed by atoms with van der Waals surface area (Å²) < 4.78 is 0. The number of aryl methyl sites for hydroxylation is 1. The van der Waals surface area contributed by atoms with Gasteiger partial charge in [0.05, 0.1) is 12.6 Å². The van der Waals surface area contributed by atoms with Crippen LogP contribution in [0, 0.1) is 6.92 Å². The Labute approximate surface area is 212 Å². The summed E-state index contributed by atoms with van der Waals surface area (Å²) >= 11 is 0. The lowest BCUT2D eigenvalue weighted by molar-refractivity contribution is -0.643. The second-order valence-electron chi connectivity index (χ2n) is 9.15. The van der Waals surface area contributed by atoms with Crippen LogP contribution in [0.2, 0.25) is 0 Å².